The van der Waals surface area contributed by atoms with Gasteiger partial charge in [-0.2, -0.15) is 0 Å². The average Bonchev–Trinajstić information content (AvgIpc) is 2.19. The summed E-state index contributed by atoms with van der Waals surface area (Å²) in [5.41, 5.74) is 8.76. The molecule has 0 spiro atoms. The van der Waals surface area contributed by atoms with E-state index < -0.39 is 0 Å². The van der Waals surface area contributed by atoms with E-state index in [1.807, 2.05) is 0 Å². The summed E-state index contributed by atoms with van der Waals surface area (Å²) in [7, 11) is 0. The van der Waals surface area contributed by atoms with Crippen molar-refractivity contribution >= 4 is 0 Å². The van der Waals surface area contributed by atoms with Crippen LogP contribution in [0, 0.1) is 0 Å². The lowest BCUT2D eigenvalue weighted by Gasteiger charge is -2.26. The van der Waals surface area contributed by atoms with Gasteiger partial charge < -0.3 is 5.73 Å². The standard InChI is InChI=1S/C13H21N/c1-4-7-11-8-5-6-9-12(11)13(2,3)10-14/h5-6,8-9H,4,7,10,14H2,1-3H3. The molecule has 14 heavy (non-hydrogen) atoms. The van der Waals surface area contributed by atoms with E-state index in [0.717, 1.165) is 6.42 Å². The highest BCUT2D eigenvalue weighted by molar-refractivity contribution is 5.33. The van der Waals surface area contributed by atoms with Crippen molar-refractivity contribution in [3.05, 3.63) is 35.4 Å². The van der Waals surface area contributed by atoms with Crippen LogP contribution >= 0.6 is 0 Å². The summed E-state index contributed by atoms with van der Waals surface area (Å²) in [5.74, 6) is 0. The summed E-state index contributed by atoms with van der Waals surface area (Å²) in [6, 6.07) is 8.64. The first-order valence-electron chi connectivity index (χ1n) is 5.40. The fourth-order valence-corrected chi connectivity index (χ4v) is 1.78. The van der Waals surface area contributed by atoms with E-state index in [9.17, 15) is 0 Å². The van der Waals surface area contributed by atoms with Gasteiger partial charge in [0, 0.05) is 12.0 Å². The van der Waals surface area contributed by atoms with E-state index in [1.54, 1.807) is 0 Å². The van der Waals surface area contributed by atoms with Gasteiger partial charge in [-0.25, -0.2) is 0 Å². The molecular weight excluding hydrogens is 170 g/mol. The predicted molar refractivity (Wildman–Crippen MR) is 62.5 cm³/mol. The molecule has 0 unspecified atom stereocenters. The topological polar surface area (TPSA) is 26.0 Å². The molecule has 0 aliphatic carbocycles. The third-order valence-corrected chi connectivity index (χ3v) is 2.78. The molecule has 0 radical (unpaired) electrons. The van der Waals surface area contributed by atoms with Gasteiger partial charge in [0.1, 0.15) is 0 Å². The summed E-state index contributed by atoms with van der Waals surface area (Å²) in [4.78, 5) is 0. The first-order chi connectivity index (χ1) is 6.61. The van der Waals surface area contributed by atoms with E-state index in [4.69, 9.17) is 5.73 Å². The van der Waals surface area contributed by atoms with Crippen LogP contribution in [-0.4, -0.2) is 6.54 Å². The van der Waals surface area contributed by atoms with Crippen molar-refractivity contribution in [1.82, 2.24) is 0 Å². The minimum Gasteiger partial charge on any atom is -0.330 e. The van der Waals surface area contributed by atoms with Gasteiger partial charge in [-0.15, -0.1) is 0 Å². The Balaban J connectivity index is 3.06. The molecule has 0 heterocycles. The third kappa shape index (κ3) is 2.36. The molecular formula is C13H21N. The molecule has 0 fully saturated rings. The quantitative estimate of drug-likeness (QED) is 0.778. The molecule has 0 saturated carbocycles. The maximum absolute atomic E-state index is 5.80. The molecule has 2 N–H and O–H groups in total. The fraction of sp³-hybridized carbons (Fsp3) is 0.538. The maximum atomic E-state index is 5.80. The molecule has 1 nitrogen and oxygen atoms in total. The first kappa shape index (κ1) is 11.3. The summed E-state index contributed by atoms with van der Waals surface area (Å²) in [5, 5.41) is 0. The Morgan fingerprint density at radius 1 is 1.21 bits per heavy atom. The zero-order chi connectivity index (χ0) is 10.6. The molecule has 0 aliphatic heterocycles. The Kier molecular flexibility index (Phi) is 3.70. The lowest BCUT2D eigenvalue weighted by Crippen LogP contribution is -2.29. The largest absolute Gasteiger partial charge is 0.330 e. The van der Waals surface area contributed by atoms with Crippen LogP contribution in [0.1, 0.15) is 38.3 Å². The van der Waals surface area contributed by atoms with Crippen molar-refractivity contribution in [1.29, 1.82) is 0 Å². The van der Waals surface area contributed by atoms with Crippen LogP contribution in [0.3, 0.4) is 0 Å². The molecule has 1 heteroatoms. The zero-order valence-electron chi connectivity index (χ0n) is 9.51. The number of nitrogens with two attached hydrogens (primary N) is 1. The van der Waals surface area contributed by atoms with Gasteiger partial charge in [-0.05, 0) is 17.5 Å². The van der Waals surface area contributed by atoms with Crippen LogP contribution in [0.2, 0.25) is 0 Å². The Hall–Kier alpha value is -0.820. The van der Waals surface area contributed by atoms with Crippen LogP contribution < -0.4 is 5.73 Å². The second kappa shape index (κ2) is 4.61. The van der Waals surface area contributed by atoms with Crippen molar-refractivity contribution in [3.8, 4) is 0 Å². The normalized spacial score (nSPS) is 11.7. The van der Waals surface area contributed by atoms with Crippen molar-refractivity contribution in [2.24, 2.45) is 5.73 Å². The summed E-state index contributed by atoms with van der Waals surface area (Å²) >= 11 is 0. The number of rotatable bonds is 4. The van der Waals surface area contributed by atoms with Gasteiger partial charge >= 0.3 is 0 Å². The van der Waals surface area contributed by atoms with Crippen molar-refractivity contribution in [3.63, 3.8) is 0 Å². The van der Waals surface area contributed by atoms with Gasteiger partial charge in [0.05, 0.1) is 0 Å². The van der Waals surface area contributed by atoms with E-state index in [0.29, 0.717) is 6.54 Å². The zero-order valence-corrected chi connectivity index (χ0v) is 9.51. The maximum Gasteiger partial charge on any atom is 0.00218 e. The Morgan fingerprint density at radius 3 is 2.43 bits per heavy atom. The highest BCUT2D eigenvalue weighted by Crippen LogP contribution is 2.26. The van der Waals surface area contributed by atoms with Crippen LogP contribution in [0.4, 0.5) is 0 Å². The Morgan fingerprint density at radius 2 is 1.86 bits per heavy atom. The van der Waals surface area contributed by atoms with Gasteiger partial charge in [0.2, 0.25) is 0 Å². The molecule has 0 aliphatic rings. The fourth-order valence-electron chi connectivity index (χ4n) is 1.78. The summed E-state index contributed by atoms with van der Waals surface area (Å²) in [6.45, 7) is 7.34. The van der Waals surface area contributed by atoms with E-state index in [2.05, 4.69) is 45.0 Å². The number of hydrogen-bond donors (Lipinski definition) is 1. The molecule has 0 saturated heterocycles. The van der Waals surface area contributed by atoms with Crippen molar-refractivity contribution < 1.29 is 0 Å². The summed E-state index contributed by atoms with van der Waals surface area (Å²) < 4.78 is 0. The predicted octanol–water partition coefficient (Wildman–Crippen LogP) is 2.88. The van der Waals surface area contributed by atoms with E-state index >= 15 is 0 Å². The second-order valence-corrected chi connectivity index (χ2v) is 4.50. The molecule has 0 atom stereocenters. The smallest absolute Gasteiger partial charge is 0.00218 e. The van der Waals surface area contributed by atoms with Gasteiger partial charge in [0.15, 0.2) is 0 Å². The lowest BCUT2D eigenvalue weighted by atomic mass is 9.81. The van der Waals surface area contributed by atoms with Gasteiger partial charge in [-0.3, -0.25) is 0 Å². The molecule has 0 bridgehead atoms. The monoisotopic (exact) mass is 191 g/mol. The highest BCUT2D eigenvalue weighted by atomic mass is 14.6. The molecule has 1 aromatic carbocycles. The molecule has 78 valence electrons. The number of hydrogen-bond acceptors (Lipinski definition) is 1. The van der Waals surface area contributed by atoms with Crippen molar-refractivity contribution in [2.45, 2.75) is 39.0 Å². The average molecular weight is 191 g/mol. The van der Waals surface area contributed by atoms with E-state index in [1.165, 1.54) is 17.5 Å². The SMILES string of the molecule is CCCc1ccccc1C(C)(C)CN. The Labute approximate surface area is 87.3 Å². The van der Waals surface area contributed by atoms with Crippen LogP contribution in [-0.2, 0) is 11.8 Å². The number of benzene rings is 1. The summed E-state index contributed by atoms with van der Waals surface area (Å²) in [6.07, 6.45) is 2.34. The third-order valence-electron chi connectivity index (χ3n) is 2.78. The highest BCUT2D eigenvalue weighted by Gasteiger charge is 2.20. The van der Waals surface area contributed by atoms with Crippen LogP contribution in [0.5, 0.6) is 0 Å². The molecule has 0 amide bonds. The molecule has 0 aromatic heterocycles. The van der Waals surface area contributed by atoms with E-state index in [-0.39, 0.29) is 5.41 Å². The Bertz CT molecular complexity index is 289. The van der Waals surface area contributed by atoms with Crippen molar-refractivity contribution in [2.75, 3.05) is 6.54 Å². The van der Waals surface area contributed by atoms with Gasteiger partial charge in [-0.1, -0.05) is 51.5 Å². The molecule has 1 rings (SSSR count). The first-order valence-corrected chi connectivity index (χ1v) is 5.40. The lowest BCUT2D eigenvalue weighted by molar-refractivity contribution is 0.532. The van der Waals surface area contributed by atoms with Crippen LogP contribution in [0.15, 0.2) is 24.3 Å². The van der Waals surface area contributed by atoms with Gasteiger partial charge in [0.25, 0.3) is 0 Å². The number of aryl methyl sites for hydroxylation is 1. The minimum absolute atomic E-state index is 0.103. The van der Waals surface area contributed by atoms with Crippen LogP contribution in [0.25, 0.3) is 0 Å². The second-order valence-electron chi connectivity index (χ2n) is 4.50. The molecule has 1 aromatic rings. The minimum atomic E-state index is 0.103.